The molecule has 1 aliphatic rings. The zero-order chi connectivity index (χ0) is 24.2. The highest BCUT2D eigenvalue weighted by atomic mass is 19.2. The highest BCUT2D eigenvalue weighted by molar-refractivity contribution is 5.80. The minimum atomic E-state index is -1.06. The molecular formula is C23H22F4N4O3. The summed E-state index contributed by atoms with van der Waals surface area (Å²) >= 11 is 0. The number of nitrogens with one attached hydrogen (secondary N) is 3. The highest BCUT2D eigenvalue weighted by Crippen LogP contribution is 2.25. The van der Waals surface area contributed by atoms with Crippen molar-refractivity contribution in [3.63, 3.8) is 0 Å². The molecule has 1 fully saturated rings. The molecule has 11 heteroatoms. The molecule has 1 saturated carbocycles. The van der Waals surface area contributed by atoms with Gasteiger partial charge in [-0.15, -0.1) is 0 Å². The number of carbonyl (C=O) groups is 2. The summed E-state index contributed by atoms with van der Waals surface area (Å²) in [5, 5.41) is 5.59. The van der Waals surface area contributed by atoms with Crippen molar-refractivity contribution in [1.82, 2.24) is 20.6 Å². The molecule has 3 N–H and O–H groups in total. The molecule has 180 valence electrons. The Labute approximate surface area is 191 Å². The van der Waals surface area contributed by atoms with Gasteiger partial charge in [-0.2, -0.15) is 0 Å². The second-order valence-electron chi connectivity index (χ2n) is 8.17. The Balaban J connectivity index is 1.19. The van der Waals surface area contributed by atoms with Crippen molar-refractivity contribution in [3.8, 4) is 5.75 Å². The van der Waals surface area contributed by atoms with Crippen LogP contribution in [-0.2, 0) is 16.1 Å². The van der Waals surface area contributed by atoms with Crippen LogP contribution in [0.1, 0.15) is 31.5 Å². The summed E-state index contributed by atoms with van der Waals surface area (Å²) in [6.07, 6.45) is 2.32. The van der Waals surface area contributed by atoms with E-state index in [1.807, 2.05) is 0 Å². The van der Waals surface area contributed by atoms with Gasteiger partial charge in [-0.25, -0.2) is 22.5 Å². The minimum absolute atomic E-state index is 0.0501. The fourth-order valence-electron chi connectivity index (χ4n) is 3.94. The number of halogens is 4. The van der Waals surface area contributed by atoms with Crippen molar-refractivity contribution in [1.29, 1.82) is 0 Å². The fourth-order valence-corrected chi connectivity index (χ4v) is 3.94. The van der Waals surface area contributed by atoms with Crippen molar-refractivity contribution in [2.24, 2.45) is 5.92 Å². The van der Waals surface area contributed by atoms with Crippen LogP contribution in [0.2, 0.25) is 0 Å². The zero-order valence-corrected chi connectivity index (χ0v) is 18.0. The number of hydrogen-bond acceptors (Lipinski definition) is 4. The highest BCUT2D eigenvalue weighted by Gasteiger charge is 2.27. The van der Waals surface area contributed by atoms with Gasteiger partial charge in [0, 0.05) is 30.2 Å². The molecule has 3 aromatic rings. The normalized spacial score (nSPS) is 18.0. The van der Waals surface area contributed by atoms with E-state index >= 15 is 0 Å². The number of rotatable bonds is 7. The van der Waals surface area contributed by atoms with Gasteiger partial charge >= 0.3 is 0 Å². The molecule has 2 aromatic carbocycles. The number of imidazole rings is 1. The predicted octanol–water partition coefficient (Wildman–Crippen LogP) is 3.49. The number of nitrogens with zero attached hydrogens (tertiary/aromatic N) is 1. The van der Waals surface area contributed by atoms with Crippen LogP contribution >= 0.6 is 0 Å². The first-order chi connectivity index (χ1) is 16.3. The van der Waals surface area contributed by atoms with E-state index in [0.717, 1.165) is 24.3 Å². The van der Waals surface area contributed by atoms with Gasteiger partial charge in [-0.3, -0.25) is 9.59 Å². The van der Waals surface area contributed by atoms with E-state index in [-0.39, 0.29) is 42.3 Å². The summed E-state index contributed by atoms with van der Waals surface area (Å²) in [6.45, 7) is -0.245. The number of hydrogen-bond donors (Lipinski definition) is 3. The average Bonchev–Trinajstić information content (AvgIpc) is 3.20. The van der Waals surface area contributed by atoms with Crippen LogP contribution in [0.4, 0.5) is 17.6 Å². The van der Waals surface area contributed by atoms with Gasteiger partial charge in [0.25, 0.3) is 5.91 Å². The molecule has 34 heavy (non-hydrogen) atoms. The van der Waals surface area contributed by atoms with Crippen LogP contribution in [0, 0.1) is 29.2 Å². The number of amides is 2. The first kappa shape index (κ1) is 23.5. The lowest BCUT2D eigenvalue weighted by molar-refractivity contribution is -0.126. The Kier molecular flexibility index (Phi) is 6.99. The number of aromatic nitrogens is 2. The van der Waals surface area contributed by atoms with E-state index in [0.29, 0.717) is 37.0 Å². The number of aromatic amines is 1. The van der Waals surface area contributed by atoms with Crippen LogP contribution in [0.15, 0.2) is 30.3 Å². The molecular weight excluding hydrogens is 456 g/mol. The van der Waals surface area contributed by atoms with Gasteiger partial charge in [0.05, 0.1) is 17.6 Å². The molecule has 1 aromatic heterocycles. The largest absolute Gasteiger partial charge is 0.484 e. The lowest BCUT2D eigenvalue weighted by Crippen LogP contribution is -2.42. The van der Waals surface area contributed by atoms with Crippen molar-refractivity contribution in [2.75, 3.05) is 6.61 Å². The number of H-pyrrole nitrogens is 1. The molecule has 4 rings (SSSR count). The van der Waals surface area contributed by atoms with Crippen LogP contribution in [0.3, 0.4) is 0 Å². The third kappa shape index (κ3) is 5.64. The maximum Gasteiger partial charge on any atom is 0.258 e. The third-order valence-corrected chi connectivity index (χ3v) is 5.73. The van der Waals surface area contributed by atoms with Crippen LogP contribution in [0.5, 0.6) is 5.75 Å². The van der Waals surface area contributed by atoms with Crippen molar-refractivity contribution in [2.45, 2.75) is 38.3 Å². The molecule has 2 amide bonds. The molecule has 0 unspecified atom stereocenters. The fraction of sp³-hybridized carbons (Fsp3) is 0.348. The van der Waals surface area contributed by atoms with E-state index in [9.17, 15) is 27.2 Å². The van der Waals surface area contributed by atoms with Crippen LogP contribution < -0.4 is 15.4 Å². The summed E-state index contributed by atoms with van der Waals surface area (Å²) in [6, 6.07) is 4.91. The Morgan fingerprint density at radius 3 is 2.41 bits per heavy atom. The molecule has 0 aliphatic heterocycles. The van der Waals surface area contributed by atoms with E-state index in [2.05, 4.69) is 20.6 Å². The minimum Gasteiger partial charge on any atom is -0.484 e. The molecule has 7 nitrogen and oxygen atoms in total. The third-order valence-electron chi connectivity index (χ3n) is 5.73. The maximum atomic E-state index is 13.3. The smallest absolute Gasteiger partial charge is 0.258 e. The SMILES string of the molecule is O=C(COc1ccc(F)c(F)c1)NC1CCC(C(=O)NCc2nc3cc(F)c(F)cc3[nH]2)CC1. The van der Waals surface area contributed by atoms with Crippen molar-refractivity contribution in [3.05, 3.63) is 59.4 Å². The lowest BCUT2D eigenvalue weighted by atomic mass is 9.85. The Bertz CT molecular complexity index is 1170. The predicted molar refractivity (Wildman–Crippen MR) is 114 cm³/mol. The van der Waals surface area contributed by atoms with Gasteiger partial charge in [0.15, 0.2) is 29.9 Å². The van der Waals surface area contributed by atoms with Gasteiger partial charge in [-0.1, -0.05) is 0 Å². The van der Waals surface area contributed by atoms with Crippen LogP contribution in [0.25, 0.3) is 11.0 Å². The van der Waals surface area contributed by atoms with Gasteiger partial charge < -0.3 is 20.4 Å². The standard InChI is InChI=1S/C23H22F4N4O3/c24-15-6-5-14(7-16(15)25)34-11-22(32)29-13-3-1-12(2-4-13)23(33)28-10-21-30-19-8-17(26)18(27)9-20(19)31-21/h5-9,12-13H,1-4,10-11H2,(H,28,33)(H,29,32)(H,30,31). The summed E-state index contributed by atoms with van der Waals surface area (Å²) in [7, 11) is 0. The summed E-state index contributed by atoms with van der Waals surface area (Å²) in [5.74, 6) is -4.38. The number of ether oxygens (including phenoxy) is 1. The Morgan fingerprint density at radius 1 is 0.971 bits per heavy atom. The lowest BCUT2D eigenvalue weighted by Gasteiger charge is -2.28. The number of fused-ring (bicyclic) bond motifs is 1. The van der Waals surface area contributed by atoms with Crippen molar-refractivity contribution >= 4 is 22.8 Å². The maximum absolute atomic E-state index is 13.3. The monoisotopic (exact) mass is 478 g/mol. The molecule has 0 spiro atoms. The van der Waals surface area contributed by atoms with E-state index in [1.165, 1.54) is 6.07 Å². The zero-order valence-electron chi connectivity index (χ0n) is 18.0. The first-order valence-corrected chi connectivity index (χ1v) is 10.8. The van der Waals surface area contributed by atoms with Crippen LogP contribution in [-0.4, -0.2) is 34.4 Å². The van der Waals surface area contributed by atoms with E-state index in [1.54, 1.807) is 0 Å². The van der Waals surface area contributed by atoms with Gasteiger partial charge in [0.1, 0.15) is 11.6 Å². The van der Waals surface area contributed by atoms with Gasteiger partial charge in [0.2, 0.25) is 5.91 Å². The summed E-state index contributed by atoms with van der Waals surface area (Å²) in [4.78, 5) is 31.6. The molecule has 0 radical (unpaired) electrons. The quantitative estimate of drug-likeness (QED) is 0.453. The van der Waals surface area contributed by atoms with E-state index < -0.39 is 29.2 Å². The van der Waals surface area contributed by atoms with Crippen molar-refractivity contribution < 1.29 is 31.9 Å². The summed E-state index contributed by atoms with van der Waals surface area (Å²) in [5.41, 5.74) is 0.612. The molecule has 1 heterocycles. The first-order valence-electron chi connectivity index (χ1n) is 10.8. The average molecular weight is 478 g/mol. The van der Waals surface area contributed by atoms with Gasteiger partial charge in [-0.05, 0) is 37.8 Å². The number of carbonyl (C=O) groups excluding carboxylic acids is 2. The molecule has 0 atom stereocenters. The Morgan fingerprint density at radius 2 is 1.68 bits per heavy atom. The number of benzene rings is 2. The molecule has 1 aliphatic carbocycles. The second kappa shape index (κ2) is 10.1. The molecule has 0 bridgehead atoms. The summed E-state index contributed by atoms with van der Waals surface area (Å²) < 4.78 is 57.9. The topological polar surface area (TPSA) is 96.1 Å². The second-order valence-corrected chi connectivity index (χ2v) is 8.17. The Hall–Kier alpha value is -3.63. The molecule has 0 saturated heterocycles. The van der Waals surface area contributed by atoms with E-state index in [4.69, 9.17) is 4.74 Å².